The lowest BCUT2D eigenvalue weighted by Gasteiger charge is -2.16. The molecule has 0 aromatic heterocycles. The SMILES string of the molecule is CCOc1cc(C[C@@H]2SC(=O)N(Cc3ccc(Cl)cc3)C2=O)ccc1OCc1ccccc1C#N. The van der Waals surface area contributed by atoms with E-state index < -0.39 is 5.25 Å². The van der Waals surface area contributed by atoms with Gasteiger partial charge in [-0.3, -0.25) is 14.5 Å². The van der Waals surface area contributed by atoms with Crippen LogP contribution in [-0.4, -0.2) is 27.9 Å². The first-order valence-electron chi connectivity index (χ1n) is 11.1. The van der Waals surface area contributed by atoms with Crippen LogP contribution in [0.3, 0.4) is 0 Å². The van der Waals surface area contributed by atoms with E-state index >= 15 is 0 Å². The van der Waals surface area contributed by atoms with Crippen LogP contribution in [0.2, 0.25) is 5.02 Å². The normalized spacial score (nSPS) is 15.2. The maximum Gasteiger partial charge on any atom is 0.289 e. The minimum absolute atomic E-state index is 0.207. The molecule has 0 bridgehead atoms. The van der Waals surface area contributed by atoms with Gasteiger partial charge in [0.05, 0.1) is 30.0 Å². The molecular weight excluding hydrogens is 484 g/mol. The highest BCUT2D eigenvalue weighted by molar-refractivity contribution is 8.15. The standard InChI is InChI=1S/C27H23ClN2O4S/c1-2-33-24-13-19(9-12-23(24)34-17-21-6-4-3-5-20(21)15-29)14-25-26(31)30(27(32)35-25)16-18-7-10-22(28)11-8-18/h3-13,25H,2,14,16-17H2,1H3/t25-/m0/s1. The van der Waals surface area contributed by atoms with Crippen molar-refractivity contribution in [2.24, 2.45) is 0 Å². The van der Waals surface area contributed by atoms with Crippen LogP contribution in [-0.2, 0) is 24.4 Å². The third-order valence-electron chi connectivity index (χ3n) is 5.51. The first-order chi connectivity index (χ1) is 17.0. The van der Waals surface area contributed by atoms with Crippen LogP contribution in [0.4, 0.5) is 4.79 Å². The van der Waals surface area contributed by atoms with Crippen LogP contribution in [0.5, 0.6) is 11.5 Å². The van der Waals surface area contributed by atoms with Gasteiger partial charge in [0.1, 0.15) is 6.61 Å². The molecule has 178 valence electrons. The molecule has 0 spiro atoms. The van der Waals surface area contributed by atoms with Crippen LogP contribution < -0.4 is 9.47 Å². The van der Waals surface area contributed by atoms with E-state index in [2.05, 4.69) is 6.07 Å². The summed E-state index contributed by atoms with van der Waals surface area (Å²) in [4.78, 5) is 26.8. The van der Waals surface area contributed by atoms with Crippen LogP contribution in [0.1, 0.15) is 29.2 Å². The molecule has 0 saturated carbocycles. The van der Waals surface area contributed by atoms with Crippen LogP contribution in [0, 0.1) is 11.3 Å². The molecule has 3 aromatic rings. The Hall–Kier alpha value is -3.47. The number of hydrogen-bond donors (Lipinski definition) is 0. The Morgan fingerprint density at radius 2 is 1.74 bits per heavy atom. The van der Waals surface area contributed by atoms with Gasteiger partial charge in [-0.05, 0) is 54.8 Å². The Bertz CT molecular complexity index is 1270. The van der Waals surface area contributed by atoms with Gasteiger partial charge < -0.3 is 9.47 Å². The molecule has 1 aliphatic heterocycles. The van der Waals surface area contributed by atoms with Gasteiger partial charge in [-0.15, -0.1) is 0 Å². The number of nitriles is 1. The molecule has 0 radical (unpaired) electrons. The second kappa shape index (κ2) is 11.3. The topological polar surface area (TPSA) is 79.6 Å². The maximum absolute atomic E-state index is 13.0. The van der Waals surface area contributed by atoms with Crippen molar-refractivity contribution in [1.82, 2.24) is 4.90 Å². The molecule has 1 aliphatic rings. The molecule has 1 saturated heterocycles. The predicted octanol–water partition coefficient (Wildman–Crippen LogP) is 6.00. The number of hydrogen-bond acceptors (Lipinski definition) is 6. The second-order valence-electron chi connectivity index (χ2n) is 7.90. The Labute approximate surface area is 213 Å². The molecule has 1 fully saturated rings. The summed E-state index contributed by atoms with van der Waals surface area (Å²) in [5.41, 5.74) is 3.06. The van der Waals surface area contributed by atoms with E-state index in [-0.39, 0.29) is 24.3 Å². The highest BCUT2D eigenvalue weighted by Gasteiger charge is 2.39. The molecule has 35 heavy (non-hydrogen) atoms. The van der Waals surface area contributed by atoms with Crippen molar-refractivity contribution in [3.8, 4) is 17.6 Å². The molecule has 0 aliphatic carbocycles. The molecule has 1 heterocycles. The largest absolute Gasteiger partial charge is 0.490 e. The lowest BCUT2D eigenvalue weighted by Crippen LogP contribution is -2.31. The fourth-order valence-corrected chi connectivity index (χ4v) is 4.89. The summed E-state index contributed by atoms with van der Waals surface area (Å²) < 4.78 is 11.7. The van der Waals surface area contributed by atoms with Crippen LogP contribution >= 0.6 is 23.4 Å². The fraction of sp³-hybridized carbons (Fsp3) is 0.222. The van der Waals surface area contributed by atoms with Crippen LogP contribution in [0.25, 0.3) is 0 Å². The van der Waals surface area contributed by atoms with Gasteiger partial charge in [-0.1, -0.05) is 59.8 Å². The average molecular weight is 507 g/mol. The summed E-state index contributed by atoms with van der Waals surface area (Å²) in [6.07, 6.45) is 0.393. The molecule has 0 unspecified atom stereocenters. The van der Waals surface area contributed by atoms with Crippen LogP contribution in [0.15, 0.2) is 66.7 Å². The zero-order valence-corrected chi connectivity index (χ0v) is 20.6. The third kappa shape index (κ3) is 5.97. The van der Waals surface area contributed by atoms with Gasteiger partial charge in [0.2, 0.25) is 5.91 Å². The van der Waals surface area contributed by atoms with Crippen molar-refractivity contribution in [2.45, 2.75) is 31.7 Å². The van der Waals surface area contributed by atoms with Gasteiger partial charge in [0.25, 0.3) is 5.24 Å². The predicted molar refractivity (Wildman–Crippen MR) is 136 cm³/mol. The van der Waals surface area contributed by atoms with Crippen molar-refractivity contribution in [1.29, 1.82) is 5.26 Å². The Morgan fingerprint density at radius 3 is 2.49 bits per heavy atom. The number of rotatable bonds is 9. The molecule has 0 N–H and O–H groups in total. The Kier molecular flexibility index (Phi) is 7.96. The minimum atomic E-state index is -0.501. The Balaban J connectivity index is 1.44. The highest BCUT2D eigenvalue weighted by atomic mass is 35.5. The molecular formula is C27H23ClN2O4S. The van der Waals surface area contributed by atoms with Gasteiger partial charge in [0.15, 0.2) is 11.5 Å². The van der Waals surface area contributed by atoms with Gasteiger partial charge in [-0.2, -0.15) is 5.26 Å². The van der Waals surface area contributed by atoms with Crippen molar-refractivity contribution >= 4 is 34.5 Å². The molecule has 8 heteroatoms. The van der Waals surface area contributed by atoms with Crippen molar-refractivity contribution < 1.29 is 19.1 Å². The highest BCUT2D eigenvalue weighted by Crippen LogP contribution is 2.34. The summed E-state index contributed by atoms with van der Waals surface area (Å²) in [5.74, 6) is 0.898. The van der Waals surface area contributed by atoms with E-state index in [9.17, 15) is 14.9 Å². The first kappa shape index (κ1) is 24.6. The molecule has 1 atom stereocenters. The number of nitrogens with zero attached hydrogens (tertiary/aromatic N) is 2. The summed E-state index contributed by atoms with van der Waals surface area (Å²) in [6.45, 7) is 2.78. The number of ether oxygens (including phenoxy) is 2. The van der Waals surface area contributed by atoms with Gasteiger partial charge >= 0.3 is 0 Å². The number of thioether (sulfide) groups is 1. The summed E-state index contributed by atoms with van der Waals surface area (Å²) in [5, 5.41) is 9.14. The smallest absolute Gasteiger partial charge is 0.289 e. The van der Waals surface area contributed by atoms with Gasteiger partial charge in [-0.25, -0.2) is 0 Å². The van der Waals surface area contributed by atoms with E-state index in [1.165, 1.54) is 4.90 Å². The maximum atomic E-state index is 13.0. The summed E-state index contributed by atoms with van der Waals surface area (Å²) >= 11 is 6.97. The quantitative estimate of drug-likeness (QED) is 0.354. The lowest BCUT2D eigenvalue weighted by molar-refractivity contribution is -0.127. The van der Waals surface area contributed by atoms with Crippen molar-refractivity contribution in [2.75, 3.05) is 6.61 Å². The van der Waals surface area contributed by atoms with Gasteiger partial charge in [0, 0.05) is 10.6 Å². The minimum Gasteiger partial charge on any atom is -0.490 e. The zero-order chi connectivity index (χ0) is 24.8. The van der Waals surface area contributed by atoms with Crippen molar-refractivity contribution in [3.05, 3.63) is 94.0 Å². The van der Waals surface area contributed by atoms with E-state index in [4.69, 9.17) is 21.1 Å². The third-order valence-corrected chi connectivity index (χ3v) is 6.84. The summed E-state index contributed by atoms with van der Waals surface area (Å²) in [6, 6.07) is 22.0. The molecule has 2 amide bonds. The number of imide groups is 1. The number of carbonyl (C=O) groups excluding carboxylic acids is 2. The number of carbonyl (C=O) groups is 2. The van der Waals surface area contributed by atoms with E-state index in [0.29, 0.717) is 35.1 Å². The fourth-order valence-electron chi connectivity index (χ4n) is 3.74. The van der Waals surface area contributed by atoms with Crippen molar-refractivity contribution in [3.63, 3.8) is 0 Å². The number of halogens is 1. The average Bonchev–Trinajstić information content (AvgIpc) is 3.12. The molecule has 6 nitrogen and oxygen atoms in total. The van der Waals surface area contributed by atoms with E-state index in [1.54, 1.807) is 24.3 Å². The lowest BCUT2D eigenvalue weighted by atomic mass is 10.1. The zero-order valence-electron chi connectivity index (χ0n) is 19.1. The molecule has 4 rings (SSSR count). The number of benzene rings is 3. The number of amides is 2. The monoisotopic (exact) mass is 506 g/mol. The molecule has 3 aromatic carbocycles. The first-order valence-corrected chi connectivity index (χ1v) is 12.4. The van der Waals surface area contributed by atoms with E-state index in [1.807, 2.05) is 49.4 Å². The Morgan fingerprint density at radius 1 is 1.00 bits per heavy atom. The second-order valence-corrected chi connectivity index (χ2v) is 9.49. The van der Waals surface area contributed by atoms with E-state index in [0.717, 1.165) is 28.5 Å². The summed E-state index contributed by atoms with van der Waals surface area (Å²) in [7, 11) is 0.